The van der Waals surface area contributed by atoms with Crippen LogP contribution in [0.25, 0.3) is 10.9 Å². The number of fused-ring (bicyclic) bond motifs is 1. The summed E-state index contributed by atoms with van der Waals surface area (Å²) in [4.78, 5) is 30.7. The lowest BCUT2D eigenvalue weighted by Crippen LogP contribution is -2.32. The maximum absolute atomic E-state index is 12.4. The molecule has 6 nitrogen and oxygen atoms in total. The highest BCUT2D eigenvalue weighted by molar-refractivity contribution is 5.77. The molecule has 2 rings (SSSR count). The Morgan fingerprint density at radius 2 is 2.04 bits per heavy atom. The quantitative estimate of drug-likeness (QED) is 0.711. The maximum atomic E-state index is 12.4. The summed E-state index contributed by atoms with van der Waals surface area (Å²) in [5.74, 6) is 0.0947. The van der Waals surface area contributed by atoms with E-state index >= 15 is 0 Å². The summed E-state index contributed by atoms with van der Waals surface area (Å²) in [7, 11) is 0. The first-order chi connectivity index (χ1) is 11.7. The summed E-state index contributed by atoms with van der Waals surface area (Å²) in [6.07, 6.45) is 4.08. The number of hydrogen-bond acceptors (Lipinski definition) is 4. The number of rotatable bonds is 9. The number of carbonyl (C=O) groups is 1. The highest BCUT2D eigenvalue weighted by atomic mass is 16.3. The predicted octanol–water partition coefficient (Wildman–Crippen LogP) is 1.80. The van der Waals surface area contributed by atoms with Gasteiger partial charge in [-0.05, 0) is 38.3 Å². The van der Waals surface area contributed by atoms with Crippen molar-refractivity contribution in [3.63, 3.8) is 0 Å². The minimum atomic E-state index is -0.0663. The van der Waals surface area contributed by atoms with Gasteiger partial charge in [0.15, 0.2) is 0 Å². The minimum Gasteiger partial charge on any atom is -0.396 e. The van der Waals surface area contributed by atoms with Crippen molar-refractivity contribution in [2.45, 2.75) is 39.2 Å². The van der Waals surface area contributed by atoms with E-state index in [1.165, 1.54) is 0 Å². The van der Waals surface area contributed by atoms with Crippen molar-refractivity contribution in [1.29, 1.82) is 0 Å². The van der Waals surface area contributed by atoms with Gasteiger partial charge in [-0.2, -0.15) is 0 Å². The molecule has 0 saturated carbocycles. The van der Waals surface area contributed by atoms with Crippen LogP contribution < -0.4 is 5.56 Å². The fourth-order valence-corrected chi connectivity index (χ4v) is 2.70. The van der Waals surface area contributed by atoms with Crippen molar-refractivity contribution in [2.75, 3.05) is 19.7 Å². The number of aromatic nitrogens is 2. The molecule has 0 unspecified atom stereocenters. The van der Waals surface area contributed by atoms with Gasteiger partial charge in [0.05, 0.1) is 17.2 Å². The van der Waals surface area contributed by atoms with Gasteiger partial charge in [0.25, 0.3) is 5.56 Å². The monoisotopic (exact) mass is 331 g/mol. The molecule has 0 aliphatic carbocycles. The van der Waals surface area contributed by atoms with Gasteiger partial charge in [-0.15, -0.1) is 0 Å². The molecule has 0 aliphatic rings. The average Bonchev–Trinajstić information content (AvgIpc) is 2.61. The van der Waals surface area contributed by atoms with Crippen molar-refractivity contribution in [3.05, 3.63) is 40.9 Å². The molecule has 0 aliphatic heterocycles. The third-order valence-electron chi connectivity index (χ3n) is 4.09. The summed E-state index contributed by atoms with van der Waals surface area (Å²) < 4.78 is 1.57. The molecule has 1 heterocycles. The molecule has 0 spiro atoms. The Morgan fingerprint density at radius 3 is 2.79 bits per heavy atom. The van der Waals surface area contributed by atoms with Gasteiger partial charge in [0.2, 0.25) is 5.91 Å². The van der Waals surface area contributed by atoms with Gasteiger partial charge < -0.3 is 10.0 Å². The van der Waals surface area contributed by atoms with Crippen LogP contribution in [0.15, 0.2) is 35.4 Å². The fraction of sp³-hybridized carbons (Fsp3) is 0.500. The van der Waals surface area contributed by atoms with E-state index in [1.807, 2.05) is 25.1 Å². The molecule has 130 valence electrons. The van der Waals surface area contributed by atoms with Gasteiger partial charge in [-0.1, -0.05) is 12.1 Å². The molecule has 1 N–H and O–H groups in total. The van der Waals surface area contributed by atoms with Crippen molar-refractivity contribution in [3.8, 4) is 0 Å². The molecule has 1 aromatic heterocycles. The number of aliphatic hydroxyl groups is 1. The molecule has 1 aromatic carbocycles. The zero-order valence-electron chi connectivity index (χ0n) is 14.1. The predicted molar refractivity (Wildman–Crippen MR) is 93.8 cm³/mol. The number of hydrogen-bond donors (Lipinski definition) is 1. The minimum absolute atomic E-state index is 0.0663. The lowest BCUT2D eigenvalue weighted by atomic mass is 10.2. The first-order valence-electron chi connectivity index (χ1n) is 8.50. The molecule has 0 saturated heterocycles. The largest absolute Gasteiger partial charge is 0.396 e. The number of carbonyl (C=O) groups excluding carboxylic acids is 1. The number of amides is 1. The lowest BCUT2D eigenvalue weighted by Gasteiger charge is -2.20. The van der Waals surface area contributed by atoms with Gasteiger partial charge in [0.1, 0.15) is 0 Å². The van der Waals surface area contributed by atoms with Gasteiger partial charge in [-0.3, -0.25) is 14.2 Å². The standard InChI is InChI=1S/C18H25N3O3/c1-2-20(11-5-6-13-22)17(23)10-7-12-21-14-19-16-9-4-3-8-15(16)18(21)24/h3-4,8-9,14,22H,2,5-7,10-13H2,1H3. The smallest absolute Gasteiger partial charge is 0.261 e. The highest BCUT2D eigenvalue weighted by Crippen LogP contribution is 2.06. The topological polar surface area (TPSA) is 75.4 Å². The van der Waals surface area contributed by atoms with Crippen molar-refractivity contribution in [2.24, 2.45) is 0 Å². The Morgan fingerprint density at radius 1 is 1.25 bits per heavy atom. The van der Waals surface area contributed by atoms with Crippen molar-refractivity contribution >= 4 is 16.8 Å². The molecule has 0 fully saturated rings. The Bertz CT molecular complexity index is 727. The summed E-state index contributed by atoms with van der Waals surface area (Å²) in [6, 6.07) is 7.26. The van der Waals surface area contributed by atoms with Gasteiger partial charge >= 0.3 is 0 Å². The number of nitrogens with zero attached hydrogens (tertiary/aromatic N) is 3. The number of para-hydroxylation sites is 1. The Labute approximate surface area is 141 Å². The first-order valence-corrected chi connectivity index (χ1v) is 8.50. The lowest BCUT2D eigenvalue weighted by molar-refractivity contribution is -0.131. The zero-order valence-corrected chi connectivity index (χ0v) is 14.1. The molecule has 24 heavy (non-hydrogen) atoms. The van der Waals surface area contributed by atoms with Gasteiger partial charge in [-0.25, -0.2) is 4.98 Å². The molecular weight excluding hydrogens is 306 g/mol. The van der Waals surface area contributed by atoms with E-state index in [0.717, 1.165) is 6.42 Å². The fourth-order valence-electron chi connectivity index (χ4n) is 2.70. The Kier molecular flexibility index (Phi) is 6.93. The highest BCUT2D eigenvalue weighted by Gasteiger charge is 2.11. The van der Waals surface area contributed by atoms with Crippen molar-refractivity contribution in [1.82, 2.24) is 14.5 Å². The third kappa shape index (κ3) is 4.64. The zero-order chi connectivity index (χ0) is 17.4. The SMILES string of the molecule is CCN(CCCCO)C(=O)CCCn1cnc2ccccc2c1=O. The summed E-state index contributed by atoms with van der Waals surface area (Å²) in [5.41, 5.74) is 0.624. The van der Waals surface area contributed by atoms with E-state index in [9.17, 15) is 9.59 Å². The first kappa shape index (κ1) is 18.1. The van der Waals surface area contributed by atoms with E-state index in [0.29, 0.717) is 49.8 Å². The van der Waals surface area contributed by atoms with Crippen molar-refractivity contribution < 1.29 is 9.90 Å². The van der Waals surface area contributed by atoms with Crippen LogP contribution in [0.3, 0.4) is 0 Å². The second-order valence-electron chi connectivity index (χ2n) is 5.77. The molecule has 0 bridgehead atoms. The van der Waals surface area contributed by atoms with E-state index in [4.69, 9.17) is 5.11 Å². The third-order valence-corrected chi connectivity index (χ3v) is 4.09. The number of benzene rings is 1. The molecule has 0 atom stereocenters. The molecule has 6 heteroatoms. The normalized spacial score (nSPS) is 10.9. The molecule has 2 aromatic rings. The van der Waals surface area contributed by atoms with Crippen LogP contribution in [0.2, 0.25) is 0 Å². The van der Waals surface area contributed by atoms with Crippen LogP contribution >= 0.6 is 0 Å². The second-order valence-corrected chi connectivity index (χ2v) is 5.77. The number of unbranched alkanes of at least 4 members (excludes halogenated alkanes) is 1. The molecule has 1 amide bonds. The summed E-state index contributed by atoms with van der Waals surface area (Å²) in [5, 5.41) is 9.42. The van der Waals surface area contributed by atoms with E-state index in [2.05, 4.69) is 4.98 Å². The van der Waals surface area contributed by atoms with E-state index in [-0.39, 0.29) is 18.1 Å². The molecular formula is C18H25N3O3. The number of aryl methyl sites for hydroxylation is 1. The number of aliphatic hydroxyl groups excluding tert-OH is 1. The maximum Gasteiger partial charge on any atom is 0.261 e. The van der Waals surface area contributed by atoms with E-state index in [1.54, 1.807) is 21.9 Å². The van der Waals surface area contributed by atoms with Crippen LogP contribution in [-0.2, 0) is 11.3 Å². The summed E-state index contributed by atoms with van der Waals surface area (Å²) in [6.45, 7) is 3.93. The van der Waals surface area contributed by atoms with Crippen LogP contribution in [-0.4, -0.2) is 45.2 Å². The van der Waals surface area contributed by atoms with Crippen LogP contribution in [0.5, 0.6) is 0 Å². The second kappa shape index (κ2) is 9.17. The van der Waals surface area contributed by atoms with Gasteiger partial charge in [0, 0.05) is 32.7 Å². The molecule has 0 radical (unpaired) electrons. The average molecular weight is 331 g/mol. The Balaban J connectivity index is 1.90. The van der Waals surface area contributed by atoms with E-state index < -0.39 is 0 Å². The summed E-state index contributed by atoms with van der Waals surface area (Å²) >= 11 is 0. The Hall–Kier alpha value is -2.21. The van der Waals surface area contributed by atoms with Crippen LogP contribution in [0, 0.1) is 0 Å². The van der Waals surface area contributed by atoms with Crippen LogP contribution in [0.1, 0.15) is 32.6 Å². The van der Waals surface area contributed by atoms with Crippen LogP contribution in [0.4, 0.5) is 0 Å².